The van der Waals surface area contributed by atoms with E-state index in [1.165, 1.54) is 63.8 Å². The van der Waals surface area contributed by atoms with Gasteiger partial charge in [0.25, 0.3) is 5.91 Å². The SMILES string of the molecule is NC(=O)/C(O)=C\c1cnc(N[C@@H]2CCN(CCCC3CCCCC3)C2)cn1. The summed E-state index contributed by atoms with van der Waals surface area (Å²) < 4.78 is 0. The topological polar surface area (TPSA) is 104 Å². The highest BCUT2D eigenvalue weighted by Crippen LogP contribution is 2.27. The average molecular weight is 374 g/mol. The summed E-state index contributed by atoms with van der Waals surface area (Å²) in [7, 11) is 0. The van der Waals surface area contributed by atoms with Gasteiger partial charge in [0.1, 0.15) is 5.82 Å². The molecule has 4 N–H and O–H groups in total. The number of nitrogens with zero attached hydrogens (tertiary/aromatic N) is 3. The van der Waals surface area contributed by atoms with Gasteiger partial charge in [-0.05, 0) is 31.7 Å². The second kappa shape index (κ2) is 9.69. The van der Waals surface area contributed by atoms with Crippen molar-refractivity contribution in [1.29, 1.82) is 0 Å². The van der Waals surface area contributed by atoms with E-state index < -0.39 is 11.7 Å². The van der Waals surface area contributed by atoms with Gasteiger partial charge in [0.15, 0.2) is 5.76 Å². The molecule has 7 nitrogen and oxygen atoms in total. The molecule has 2 aliphatic rings. The molecular formula is C20H31N5O2. The number of hydrogen-bond donors (Lipinski definition) is 3. The predicted molar refractivity (Wildman–Crippen MR) is 106 cm³/mol. The van der Waals surface area contributed by atoms with E-state index in [9.17, 15) is 9.90 Å². The van der Waals surface area contributed by atoms with E-state index in [0.29, 0.717) is 17.6 Å². The van der Waals surface area contributed by atoms with Crippen LogP contribution < -0.4 is 11.1 Å². The number of primary amides is 1. The largest absolute Gasteiger partial charge is 0.503 e. The summed E-state index contributed by atoms with van der Waals surface area (Å²) >= 11 is 0. The first kappa shape index (κ1) is 19.6. The Balaban J connectivity index is 1.39. The minimum atomic E-state index is -0.881. The van der Waals surface area contributed by atoms with Crippen molar-refractivity contribution in [3.8, 4) is 0 Å². The fourth-order valence-electron chi connectivity index (χ4n) is 4.14. The van der Waals surface area contributed by atoms with Crippen LogP contribution in [0, 0.1) is 5.92 Å². The van der Waals surface area contributed by atoms with E-state index in [0.717, 1.165) is 25.4 Å². The third-order valence-electron chi connectivity index (χ3n) is 5.64. The summed E-state index contributed by atoms with van der Waals surface area (Å²) in [5.41, 5.74) is 5.39. The minimum Gasteiger partial charge on any atom is -0.503 e. The molecule has 27 heavy (non-hydrogen) atoms. The lowest BCUT2D eigenvalue weighted by Gasteiger charge is -2.23. The number of nitrogens with two attached hydrogens (primary N) is 1. The molecule has 0 spiro atoms. The Hall–Kier alpha value is -2.15. The number of aromatic nitrogens is 2. The summed E-state index contributed by atoms with van der Waals surface area (Å²) in [4.78, 5) is 21.9. The smallest absolute Gasteiger partial charge is 0.283 e. The summed E-state index contributed by atoms with van der Waals surface area (Å²) in [6.45, 7) is 3.36. The van der Waals surface area contributed by atoms with Crippen LogP contribution in [0.15, 0.2) is 18.2 Å². The molecule has 1 atom stereocenters. The molecule has 1 amide bonds. The summed E-state index contributed by atoms with van der Waals surface area (Å²) in [6, 6.07) is 0.384. The standard InChI is InChI=1S/C20H31N5O2/c21-20(27)18(26)11-17-12-23-19(13-22-17)24-16-8-10-25(14-16)9-4-7-15-5-2-1-3-6-15/h11-13,15-16,26H,1-10,14H2,(H2,21,27)(H,23,24)/b18-11+/t16-/m1/s1. The molecule has 1 aromatic heterocycles. The maximum absolute atomic E-state index is 10.8. The molecule has 7 heteroatoms. The fourth-order valence-corrected chi connectivity index (χ4v) is 4.14. The quantitative estimate of drug-likeness (QED) is 0.478. The van der Waals surface area contributed by atoms with E-state index in [-0.39, 0.29) is 0 Å². The monoisotopic (exact) mass is 373 g/mol. The van der Waals surface area contributed by atoms with Gasteiger partial charge in [-0.1, -0.05) is 32.1 Å². The molecule has 1 aromatic rings. The first-order valence-electron chi connectivity index (χ1n) is 10.1. The number of aliphatic hydroxyl groups excluding tert-OH is 1. The van der Waals surface area contributed by atoms with Crippen LogP contribution in [-0.4, -0.2) is 51.6 Å². The zero-order chi connectivity index (χ0) is 19.1. The highest BCUT2D eigenvalue weighted by molar-refractivity contribution is 5.93. The van der Waals surface area contributed by atoms with Crippen molar-refractivity contribution >= 4 is 17.8 Å². The Morgan fingerprint density at radius 3 is 2.78 bits per heavy atom. The lowest BCUT2D eigenvalue weighted by molar-refractivity contribution is -0.116. The minimum absolute atomic E-state index is 0.384. The number of carbonyl (C=O) groups excluding carboxylic acids is 1. The molecule has 3 rings (SSSR count). The van der Waals surface area contributed by atoms with Crippen LogP contribution in [0.2, 0.25) is 0 Å². The first-order valence-corrected chi connectivity index (χ1v) is 10.1. The van der Waals surface area contributed by atoms with Crippen LogP contribution in [0.5, 0.6) is 0 Å². The summed E-state index contributed by atoms with van der Waals surface area (Å²) in [5.74, 6) is 0.269. The Bertz CT molecular complexity index is 640. The maximum Gasteiger partial charge on any atom is 0.283 e. The Morgan fingerprint density at radius 2 is 2.07 bits per heavy atom. The van der Waals surface area contributed by atoms with Gasteiger partial charge in [0, 0.05) is 25.2 Å². The van der Waals surface area contributed by atoms with Crippen molar-refractivity contribution in [1.82, 2.24) is 14.9 Å². The highest BCUT2D eigenvalue weighted by atomic mass is 16.3. The molecule has 1 saturated heterocycles. The van der Waals surface area contributed by atoms with Crippen LogP contribution in [0.4, 0.5) is 5.82 Å². The highest BCUT2D eigenvalue weighted by Gasteiger charge is 2.22. The molecule has 0 bridgehead atoms. The number of likely N-dealkylation sites (tertiary alicyclic amines) is 1. The molecule has 0 aromatic carbocycles. The Kier molecular flexibility index (Phi) is 7.04. The number of nitrogens with one attached hydrogen (secondary N) is 1. The van der Waals surface area contributed by atoms with E-state index in [1.54, 1.807) is 6.20 Å². The van der Waals surface area contributed by atoms with Crippen molar-refractivity contribution in [2.45, 2.75) is 57.4 Å². The van der Waals surface area contributed by atoms with Gasteiger partial charge >= 0.3 is 0 Å². The predicted octanol–water partition coefficient (Wildman–Crippen LogP) is 2.71. The van der Waals surface area contributed by atoms with Gasteiger partial charge in [-0.3, -0.25) is 9.78 Å². The zero-order valence-corrected chi connectivity index (χ0v) is 15.9. The lowest BCUT2D eigenvalue weighted by atomic mass is 9.86. The molecule has 2 fully saturated rings. The molecule has 1 saturated carbocycles. The molecule has 1 aliphatic heterocycles. The van der Waals surface area contributed by atoms with Crippen molar-refractivity contribution < 1.29 is 9.90 Å². The number of hydrogen-bond acceptors (Lipinski definition) is 6. The first-order chi connectivity index (χ1) is 13.1. The number of aliphatic hydroxyl groups is 1. The van der Waals surface area contributed by atoms with Gasteiger partial charge in [0.05, 0.1) is 18.1 Å². The number of carbonyl (C=O) groups is 1. The van der Waals surface area contributed by atoms with Gasteiger partial charge < -0.3 is 21.1 Å². The normalized spacial score (nSPS) is 22.1. The second-order valence-electron chi connectivity index (χ2n) is 7.80. The lowest BCUT2D eigenvalue weighted by Crippen LogP contribution is -2.27. The van der Waals surface area contributed by atoms with Crippen molar-refractivity contribution in [3.63, 3.8) is 0 Å². The molecule has 148 valence electrons. The van der Waals surface area contributed by atoms with Crippen molar-refractivity contribution in [2.24, 2.45) is 11.7 Å². The Morgan fingerprint density at radius 1 is 1.26 bits per heavy atom. The second-order valence-corrected chi connectivity index (χ2v) is 7.80. The van der Waals surface area contributed by atoms with E-state index >= 15 is 0 Å². The molecule has 2 heterocycles. The van der Waals surface area contributed by atoms with E-state index in [1.807, 2.05) is 0 Å². The molecule has 0 radical (unpaired) electrons. The van der Waals surface area contributed by atoms with Crippen LogP contribution in [-0.2, 0) is 4.79 Å². The third kappa shape index (κ3) is 6.20. The number of rotatable bonds is 8. The van der Waals surface area contributed by atoms with E-state index in [4.69, 9.17) is 5.73 Å². The van der Waals surface area contributed by atoms with Crippen LogP contribution in [0.1, 0.15) is 57.1 Å². The summed E-state index contributed by atoms with van der Waals surface area (Å²) in [6.07, 6.45) is 15.3. The molecular weight excluding hydrogens is 342 g/mol. The zero-order valence-electron chi connectivity index (χ0n) is 15.9. The number of amides is 1. The van der Waals surface area contributed by atoms with Gasteiger partial charge in [-0.15, -0.1) is 0 Å². The van der Waals surface area contributed by atoms with Crippen LogP contribution >= 0.6 is 0 Å². The molecule has 0 unspecified atom stereocenters. The van der Waals surface area contributed by atoms with Gasteiger partial charge in [-0.2, -0.15) is 0 Å². The third-order valence-corrected chi connectivity index (χ3v) is 5.64. The average Bonchev–Trinajstić information content (AvgIpc) is 3.11. The van der Waals surface area contributed by atoms with Crippen LogP contribution in [0.3, 0.4) is 0 Å². The maximum atomic E-state index is 10.8. The van der Waals surface area contributed by atoms with Gasteiger partial charge in [-0.25, -0.2) is 4.98 Å². The summed E-state index contributed by atoms with van der Waals surface area (Å²) in [5, 5.41) is 12.8. The Labute approximate surface area is 161 Å². The van der Waals surface area contributed by atoms with E-state index in [2.05, 4.69) is 20.2 Å². The van der Waals surface area contributed by atoms with Crippen molar-refractivity contribution in [3.05, 3.63) is 23.8 Å². The fraction of sp³-hybridized carbons (Fsp3) is 0.650. The van der Waals surface area contributed by atoms with Gasteiger partial charge in [0.2, 0.25) is 0 Å². The van der Waals surface area contributed by atoms with Crippen LogP contribution in [0.25, 0.3) is 6.08 Å². The number of anilines is 1. The van der Waals surface area contributed by atoms with Crippen molar-refractivity contribution in [2.75, 3.05) is 25.0 Å². The molecule has 1 aliphatic carbocycles.